The topological polar surface area (TPSA) is 62.3 Å². The van der Waals surface area contributed by atoms with Crippen LogP contribution in [0.3, 0.4) is 0 Å². The third-order valence-corrected chi connectivity index (χ3v) is 3.09. The minimum atomic E-state index is 0.454. The molecule has 6 nitrogen and oxygen atoms in total. The van der Waals surface area contributed by atoms with Crippen molar-refractivity contribution in [3.05, 3.63) is 6.07 Å². The zero-order chi connectivity index (χ0) is 13.0. The van der Waals surface area contributed by atoms with Crippen LogP contribution in [0.25, 0.3) is 0 Å². The summed E-state index contributed by atoms with van der Waals surface area (Å²) in [4.78, 5) is 10.9. The van der Waals surface area contributed by atoms with Crippen LogP contribution < -0.4 is 20.3 Å². The molecular weight excluding hydrogens is 250 g/mol. The van der Waals surface area contributed by atoms with Crippen LogP contribution >= 0.6 is 12.2 Å². The van der Waals surface area contributed by atoms with E-state index in [2.05, 4.69) is 25.5 Å². The molecule has 1 aromatic rings. The lowest BCUT2D eigenvalue weighted by Gasteiger charge is -2.17. The van der Waals surface area contributed by atoms with Gasteiger partial charge in [-0.3, -0.25) is 0 Å². The highest BCUT2D eigenvalue weighted by atomic mass is 32.1. The molecule has 2 rings (SSSR count). The quantitative estimate of drug-likeness (QED) is 0.792. The lowest BCUT2D eigenvalue weighted by atomic mass is 10.4. The number of anilines is 2. The van der Waals surface area contributed by atoms with Crippen LogP contribution in [0.1, 0.15) is 12.8 Å². The summed E-state index contributed by atoms with van der Waals surface area (Å²) in [5.74, 6) is 1.87. The fraction of sp³-hybridized carbons (Fsp3) is 0.545. The maximum Gasteiger partial charge on any atom is 0.234 e. The molecule has 18 heavy (non-hydrogen) atoms. The van der Waals surface area contributed by atoms with Crippen molar-refractivity contribution in [2.75, 3.05) is 37.5 Å². The monoisotopic (exact) mass is 267 g/mol. The van der Waals surface area contributed by atoms with Crippen molar-refractivity contribution in [2.45, 2.75) is 12.8 Å². The first kappa shape index (κ1) is 12.8. The van der Waals surface area contributed by atoms with E-state index in [9.17, 15) is 0 Å². The van der Waals surface area contributed by atoms with E-state index >= 15 is 0 Å². The number of nitrogens with one attached hydrogen (secondary N) is 2. The van der Waals surface area contributed by atoms with Gasteiger partial charge in [-0.2, -0.15) is 9.97 Å². The molecular formula is C11H17N5OS. The summed E-state index contributed by atoms with van der Waals surface area (Å²) in [6.07, 6.45) is 2.40. The highest BCUT2D eigenvalue weighted by Gasteiger charge is 2.16. The number of nitrogens with zero attached hydrogens (tertiary/aromatic N) is 3. The predicted octanol–water partition coefficient (Wildman–Crippen LogP) is 1.00. The molecule has 2 N–H and O–H groups in total. The number of methoxy groups -OCH3 is 1. The number of thiocarbonyl (C=S) groups is 1. The van der Waals surface area contributed by atoms with Gasteiger partial charge in [0.25, 0.3) is 0 Å². The number of aromatic nitrogens is 2. The van der Waals surface area contributed by atoms with Crippen LogP contribution in [0.5, 0.6) is 5.88 Å². The van der Waals surface area contributed by atoms with Crippen LogP contribution in [0.4, 0.5) is 11.8 Å². The molecule has 98 valence electrons. The molecule has 0 bridgehead atoms. The molecule has 0 spiro atoms. The lowest BCUT2D eigenvalue weighted by Crippen LogP contribution is -2.26. The van der Waals surface area contributed by atoms with Gasteiger partial charge >= 0.3 is 0 Å². The number of ether oxygens (including phenoxy) is 1. The van der Waals surface area contributed by atoms with Crippen molar-refractivity contribution in [1.82, 2.24) is 15.3 Å². The Hall–Kier alpha value is -1.63. The molecule has 1 aliphatic heterocycles. The molecule has 2 heterocycles. The average Bonchev–Trinajstić information content (AvgIpc) is 2.92. The Kier molecular flexibility index (Phi) is 4.14. The van der Waals surface area contributed by atoms with Crippen LogP contribution in [-0.2, 0) is 0 Å². The van der Waals surface area contributed by atoms with Crippen LogP contribution in [0.2, 0.25) is 0 Å². The molecule has 0 atom stereocenters. The van der Waals surface area contributed by atoms with Crippen LogP contribution in [0, 0.1) is 0 Å². The number of rotatable bonds is 3. The Morgan fingerprint density at radius 1 is 1.39 bits per heavy atom. The lowest BCUT2D eigenvalue weighted by molar-refractivity contribution is 0.397. The molecule has 1 fully saturated rings. The second kappa shape index (κ2) is 5.81. The van der Waals surface area contributed by atoms with Crippen molar-refractivity contribution >= 4 is 29.1 Å². The Bertz CT molecular complexity index is 433. The van der Waals surface area contributed by atoms with E-state index in [1.165, 1.54) is 12.8 Å². The van der Waals surface area contributed by atoms with E-state index in [0.717, 1.165) is 18.9 Å². The normalized spacial score (nSPS) is 14.4. The maximum absolute atomic E-state index is 5.19. The van der Waals surface area contributed by atoms with Gasteiger partial charge in [-0.1, -0.05) is 0 Å². The summed E-state index contributed by atoms with van der Waals surface area (Å²) in [6, 6.07) is 1.85. The van der Waals surface area contributed by atoms with Gasteiger partial charge in [-0.15, -0.1) is 0 Å². The fourth-order valence-corrected chi connectivity index (χ4v) is 1.94. The van der Waals surface area contributed by atoms with Gasteiger partial charge in [0.05, 0.1) is 7.11 Å². The Morgan fingerprint density at radius 2 is 2.11 bits per heavy atom. The Labute approximate surface area is 112 Å². The predicted molar refractivity (Wildman–Crippen MR) is 75.3 cm³/mol. The Morgan fingerprint density at radius 3 is 2.72 bits per heavy atom. The van der Waals surface area contributed by atoms with Gasteiger partial charge in [0.2, 0.25) is 11.8 Å². The molecule has 0 aromatic carbocycles. The smallest absolute Gasteiger partial charge is 0.234 e. The van der Waals surface area contributed by atoms with Gasteiger partial charge in [-0.05, 0) is 25.1 Å². The van der Waals surface area contributed by atoms with Gasteiger partial charge in [0.15, 0.2) is 5.11 Å². The molecule has 1 aromatic heterocycles. The van der Waals surface area contributed by atoms with Crippen molar-refractivity contribution in [3.63, 3.8) is 0 Å². The van der Waals surface area contributed by atoms with Crippen molar-refractivity contribution in [2.24, 2.45) is 0 Å². The molecule has 1 saturated heterocycles. The summed E-state index contributed by atoms with van der Waals surface area (Å²) in [7, 11) is 3.34. The third kappa shape index (κ3) is 2.98. The summed E-state index contributed by atoms with van der Waals surface area (Å²) < 4.78 is 5.19. The Balaban J connectivity index is 2.23. The largest absolute Gasteiger partial charge is 0.481 e. The fourth-order valence-electron chi connectivity index (χ4n) is 1.85. The standard InChI is InChI=1S/C11H17N5OS/c1-12-11(18)15-10-13-8(7-9(14-10)17-2)16-5-3-4-6-16/h7H,3-6H2,1-2H3,(H2,12,13,14,15,18). The second-order valence-corrected chi connectivity index (χ2v) is 4.40. The molecule has 0 amide bonds. The SMILES string of the molecule is CNC(=S)Nc1nc(OC)cc(N2CCCC2)n1. The van der Waals surface area contributed by atoms with E-state index in [1.54, 1.807) is 14.2 Å². The van der Waals surface area contributed by atoms with E-state index in [0.29, 0.717) is 16.9 Å². The zero-order valence-corrected chi connectivity index (χ0v) is 11.4. The summed E-state index contributed by atoms with van der Waals surface area (Å²) in [6.45, 7) is 2.05. The molecule has 0 radical (unpaired) electrons. The van der Waals surface area contributed by atoms with E-state index < -0.39 is 0 Å². The van der Waals surface area contributed by atoms with Gasteiger partial charge in [0, 0.05) is 26.2 Å². The zero-order valence-electron chi connectivity index (χ0n) is 10.6. The third-order valence-electron chi connectivity index (χ3n) is 2.78. The van der Waals surface area contributed by atoms with Crippen LogP contribution in [-0.4, -0.2) is 42.3 Å². The number of hydrogen-bond acceptors (Lipinski definition) is 5. The van der Waals surface area contributed by atoms with Gasteiger partial charge < -0.3 is 20.3 Å². The van der Waals surface area contributed by atoms with Gasteiger partial charge in [0.1, 0.15) is 5.82 Å². The summed E-state index contributed by atoms with van der Waals surface area (Å²) >= 11 is 5.04. The summed E-state index contributed by atoms with van der Waals surface area (Å²) in [5, 5.41) is 6.23. The average molecular weight is 267 g/mol. The maximum atomic E-state index is 5.19. The molecule has 0 saturated carbocycles. The second-order valence-electron chi connectivity index (χ2n) is 3.99. The highest BCUT2D eigenvalue weighted by Crippen LogP contribution is 2.22. The molecule has 0 aliphatic carbocycles. The van der Waals surface area contributed by atoms with E-state index in [1.807, 2.05) is 6.07 Å². The number of hydrogen-bond donors (Lipinski definition) is 2. The minimum Gasteiger partial charge on any atom is -0.481 e. The van der Waals surface area contributed by atoms with E-state index in [-0.39, 0.29) is 0 Å². The van der Waals surface area contributed by atoms with Crippen LogP contribution in [0.15, 0.2) is 6.07 Å². The molecule has 0 unspecified atom stereocenters. The van der Waals surface area contributed by atoms with Crippen molar-refractivity contribution in [1.29, 1.82) is 0 Å². The van der Waals surface area contributed by atoms with Crippen molar-refractivity contribution < 1.29 is 4.74 Å². The first-order chi connectivity index (χ1) is 8.72. The highest BCUT2D eigenvalue weighted by molar-refractivity contribution is 7.80. The minimum absolute atomic E-state index is 0.454. The van der Waals surface area contributed by atoms with Crippen molar-refractivity contribution in [3.8, 4) is 5.88 Å². The summed E-state index contributed by atoms with van der Waals surface area (Å²) in [5.41, 5.74) is 0. The van der Waals surface area contributed by atoms with Gasteiger partial charge in [-0.25, -0.2) is 0 Å². The molecule has 7 heteroatoms. The first-order valence-corrected chi connectivity index (χ1v) is 6.30. The molecule has 1 aliphatic rings. The van der Waals surface area contributed by atoms with E-state index in [4.69, 9.17) is 17.0 Å². The first-order valence-electron chi connectivity index (χ1n) is 5.89.